The molecule has 122 valence electrons. The van der Waals surface area contributed by atoms with Crippen LogP contribution in [0.1, 0.15) is 11.1 Å². The van der Waals surface area contributed by atoms with Crippen LogP contribution in [0.5, 0.6) is 0 Å². The molecule has 4 heteroatoms. The van der Waals surface area contributed by atoms with Gasteiger partial charge in [0.2, 0.25) is 0 Å². The number of thiol groups is 3. The van der Waals surface area contributed by atoms with E-state index in [2.05, 4.69) is 89.0 Å². The van der Waals surface area contributed by atoms with Crippen molar-refractivity contribution in [2.75, 3.05) is 0 Å². The number of fused-ring (bicyclic) bond motifs is 2. The summed E-state index contributed by atoms with van der Waals surface area (Å²) in [4.78, 5) is 3.15. The van der Waals surface area contributed by atoms with Crippen molar-refractivity contribution in [3.63, 3.8) is 0 Å². The lowest BCUT2D eigenvalue weighted by atomic mass is 10.2. The van der Waals surface area contributed by atoms with Gasteiger partial charge in [-0.2, -0.15) is 19.9 Å². The zero-order chi connectivity index (χ0) is 15.9. The van der Waals surface area contributed by atoms with Crippen LogP contribution in [-0.4, -0.2) is 0 Å². The highest BCUT2D eigenvalue weighted by Gasteiger charge is 2.29. The first-order chi connectivity index (χ1) is 11.9. The fraction of sp³-hybridized carbons (Fsp3) is 0. The maximum Gasteiger partial charge on any atom is 0.0559 e. The van der Waals surface area contributed by atoms with Gasteiger partial charge in [0.15, 0.2) is 0 Å². The summed E-state index contributed by atoms with van der Waals surface area (Å²) in [6.07, 6.45) is 4.70. The molecule has 3 heterocycles. The van der Waals surface area contributed by atoms with E-state index in [0.717, 1.165) is 0 Å². The number of rotatable bonds is 3. The van der Waals surface area contributed by atoms with Crippen LogP contribution in [0.4, 0.5) is 0 Å². The number of hydrogen-bond acceptors (Lipinski definition) is 1. The van der Waals surface area contributed by atoms with Crippen molar-refractivity contribution in [2.45, 2.75) is 14.0 Å². The molecule has 0 amide bonds. The zero-order valence-corrected chi connectivity index (χ0v) is 16.4. The highest BCUT2D eigenvalue weighted by Crippen LogP contribution is 2.82. The third kappa shape index (κ3) is 2.40. The Balaban J connectivity index is 1.64. The molecule has 0 N–H and O–H groups in total. The average Bonchev–Trinajstić information content (AvgIpc) is 3.36. The molecule has 2 atom stereocenters. The van der Waals surface area contributed by atoms with Gasteiger partial charge in [-0.15, -0.1) is 20.3 Å². The molecule has 5 rings (SSSR count). The van der Waals surface area contributed by atoms with Crippen LogP contribution in [0.3, 0.4) is 0 Å². The normalized spacial score (nSPS) is 25.4. The monoisotopic (exact) mass is 386 g/mol. The summed E-state index contributed by atoms with van der Waals surface area (Å²) in [7, 11) is -0.696. The Labute approximate surface area is 153 Å². The quantitative estimate of drug-likeness (QED) is 0.312. The van der Waals surface area contributed by atoms with Crippen LogP contribution >= 0.6 is 40.1 Å². The van der Waals surface area contributed by atoms with E-state index in [0.29, 0.717) is 0 Å². The lowest BCUT2D eigenvalue weighted by molar-refractivity contribution is 1.44. The first-order valence-electron chi connectivity index (χ1n) is 7.88. The Hall–Kier alpha value is -1.33. The molecular formula is C20H18S4. The van der Waals surface area contributed by atoms with E-state index in [1.165, 1.54) is 11.1 Å². The lowest BCUT2D eigenvalue weighted by Gasteiger charge is -2.37. The minimum Gasteiger partial charge on any atom is -0.164 e. The molecule has 0 radical (unpaired) electrons. The van der Waals surface area contributed by atoms with Crippen molar-refractivity contribution >= 4 is 52.3 Å². The summed E-state index contributed by atoms with van der Waals surface area (Å²) in [6.45, 7) is 0. The van der Waals surface area contributed by atoms with Crippen molar-refractivity contribution in [3.8, 4) is 0 Å². The van der Waals surface area contributed by atoms with Gasteiger partial charge in [0.25, 0.3) is 0 Å². The van der Waals surface area contributed by atoms with Crippen molar-refractivity contribution in [1.29, 1.82) is 0 Å². The highest BCUT2D eigenvalue weighted by molar-refractivity contribution is 9.26. The fourth-order valence-electron chi connectivity index (χ4n) is 3.17. The van der Waals surface area contributed by atoms with Gasteiger partial charge in [0, 0.05) is 9.79 Å². The minimum atomic E-state index is -0.238. The summed E-state index contributed by atoms with van der Waals surface area (Å²) in [6, 6.07) is 22.5. The first-order valence-corrected chi connectivity index (χ1v) is 14.3. The van der Waals surface area contributed by atoms with Crippen LogP contribution in [-0.2, 0) is 0 Å². The largest absolute Gasteiger partial charge is 0.164 e. The summed E-state index contributed by atoms with van der Waals surface area (Å²) in [5.41, 5.74) is 2.86. The molecule has 0 saturated heterocycles. The second kappa shape index (κ2) is 6.19. The number of hydrogen-bond donors (Lipinski definition) is 3. The van der Waals surface area contributed by atoms with Crippen molar-refractivity contribution < 1.29 is 0 Å². The Kier molecular flexibility index (Phi) is 3.86. The molecule has 2 unspecified atom stereocenters. The van der Waals surface area contributed by atoms with Crippen LogP contribution in [0.2, 0.25) is 0 Å². The Morgan fingerprint density at radius 3 is 1.79 bits per heavy atom. The van der Waals surface area contributed by atoms with E-state index in [9.17, 15) is 0 Å². The van der Waals surface area contributed by atoms with E-state index >= 15 is 0 Å². The maximum absolute atomic E-state index is 2.52. The molecule has 0 aliphatic carbocycles. The number of thiophene rings is 1. The fourth-order valence-corrected chi connectivity index (χ4v) is 20.8. The Bertz CT molecular complexity index is 878. The molecule has 0 nitrogen and oxygen atoms in total. The van der Waals surface area contributed by atoms with Gasteiger partial charge in [-0.05, 0) is 57.7 Å². The van der Waals surface area contributed by atoms with Gasteiger partial charge in [-0.1, -0.05) is 42.5 Å². The highest BCUT2D eigenvalue weighted by atomic mass is 33.6. The van der Waals surface area contributed by atoms with Gasteiger partial charge in [-0.3, -0.25) is 0 Å². The lowest BCUT2D eigenvalue weighted by Crippen LogP contribution is -1.85. The zero-order valence-electron chi connectivity index (χ0n) is 12.9. The van der Waals surface area contributed by atoms with Crippen LogP contribution in [0, 0.1) is 0 Å². The van der Waals surface area contributed by atoms with E-state index in [1.54, 1.807) is 14.0 Å². The molecule has 0 saturated carbocycles. The first kappa shape index (κ1) is 15.0. The Morgan fingerprint density at radius 1 is 0.667 bits per heavy atom. The van der Waals surface area contributed by atoms with E-state index in [4.69, 9.17) is 0 Å². The van der Waals surface area contributed by atoms with Crippen molar-refractivity contribution in [2.24, 2.45) is 0 Å². The summed E-state index contributed by atoms with van der Waals surface area (Å²) >= 11 is 1.95. The second-order valence-corrected chi connectivity index (χ2v) is 16.9. The molecule has 24 heavy (non-hydrogen) atoms. The number of benzene rings is 2. The topological polar surface area (TPSA) is 0 Å². The molecule has 1 aromatic heterocycles. The standard InChI is InChI=1S/C20H18S4/c1-3-8-18-16(6-1)11-14-22(18)24(20-10-5-13-21-20)23-15-12-17-7-2-4-9-19(17)23/h1-15,22-24H. The minimum absolute atomic E-state index is 0.220. The summed E-state index contributed by atoms with van der Waals surface area (Å²) in [5, 5.41) is 7.28. The second-order valence-electron chi connectivity index (χ2n) is 5.68. The third-order valence-electron chi connectivity index (χ3n) is 4.27. The average molecular weight is 387 g/mol. The van der Waals surface area contributed by atoms with Gasteiger partial charge >= 0.3 is 0 Å². The van der Waals surface area contributed by atoms with Crippen molar-refractivity contribution in [3.05, 3.63) is 88.0 Å². The predicted octanol–water partition coefficient (Wildman–Crippen LogP) is 7.03. The van der Waals surface area contributed by atoms with Crippen LogP contribution in [0.25, 0.3) is 12.2 Å². The van der Waals surface area contributed by atoms with Gasteiger partial charge in [-0.25, -0.2) is 0 Å². The van der Waals surface area contributed by atoms with Gasteiger partial charge in [0.1, 0.15) is 0 Å². The molecule has 0 spiro atoms. The molecule has 0 fully saturated rings. The molecular weight excluding hydrogens is 368 g/mol. The summed E-state index contributed by atoms with van der Waals surface area (Å²) in [5.74, 6) is 0. The molecule has 3 aromatic rings. The Morgan fingerprint density at radius 2 is 1.25 bits per heavy atom. The van der Waals surface area contributed by atoms with E-state index in [1.807, 2.05) is 11.3 Å². The van der Waals surface area contributed by atoms with Gasteiger partial charge in [0.05, 0.1) is 4.21 Å². The molecule has 0 bridgehead atoms. The third-order valence-corrected chi connectivity index (χ3v) is 19.9. The van der Waals surface area contributed by atoms with Crippen LogP contribution < -0.4 is 0 Å². The van der Waals surface area contributed by atoms with E-state index < -0.39 is 0 Å². The predicted molar refractivity (Wildman–Crippen MR) is 117 cm³/mol. The van der Waals surface area contributed by atoms with Crippen molar-refractivity contribution in [1.82, 2.24) is 0 Å². The van der Waals surface area contributed by atoms with Crippen LogP contribution in [0.15, 0.2) is 90.9 Å². The molecule has 2 aliphatic heterocycles. The SMILES string of the molecule is C1=C[SH]([SH](c2cccs2)[SH]2C=Cc3ccccc32)c2ccccc21. The van der Waals surface area contributed by atoms with Gasteiger partial charge < -0.3 is 0 Å². The van der Waals surface area contributed by atoms with E-state index in [-0.39, 0.29) is 28.8 Å². The molecule has 2 aromatic carbocycles. The molecule has 2 aliphatic rings. The summed E-state index contributed by atoms with van der Waals surface area (Å²) < 4.78 is 1.60. The smallest absolute Gasteiger partial charge is 0.0559 e. The maximum atomic E-state index is 2.52.